The molecule has 1 nitrogen and oxygen atoms in total. The largest absolute Gasteiger partial charge is 0.303 e. The summed E-state index contributed by atoms with van der Waals surface area (Å²) in [4.78, 5) is 2.63. The highest BCUT2D eigenvalue weighted by Crippen LogP contribution is 2.47. The molecule has 0 N–H and O–H groups in total. The van der Waals surface area contributed by atoms with Crippen molar-refractivity contribution < 1.29 is 0 Å². The van der Waals surface area contributed by atoms with E-state index in [4.69, 9.17) is 0 Å². The Bertz CT molecular complexity index is 174. The van der Waals surface area contributed by atoms with E-state index in [1.807, 2.05) is 0 Å². The Morgan fingerprint density at radius 1 is 1.23 bits per heavy atom. The summed E-state index contributed by atoms with van der Waals surface area (Å²) in [6.07, 6.45) is 10.2. The molecule has 0 bridgehead atoms. The highest BCUT2D eigenvalue weighted by molar-refractivity contribution is 4.96. The number of hydrogen-bond donors (Lipinski definition) is 0. The van der Waals surface area contributed by atoms with Gasteiger partial charge in [-0.15, -0.1) is 0 Å². The normalized spacial score (nSPS) is 41.5. The van der Waals surface area contributed by atoms with Crippen LogP contribution >= 0.6 is 0 Å². The molecule has 1 saturated carbocycles. The van der Waals surface area contributed by atoms with Gasteiger partial charge in [0, 0.05) is 6.04 Å². The van der Waals surface area contributed by atoms with Crippen molar-refractivity contribution in [2.24, 2.45) is 5.41 Å². The molecule has 76 valence electrons. The summed E-state index contributed by atoms with van der Waals surface area (Å²) in [6, 6.07) is 0.917. The van der Waals surface area contributed by atoms with E-state index in [-0.39, 0.29) is 0 Å². The highest BCUT2D eigenvalue weighted by Gasteiger charge is 2.42. The van der Waals surface area contributed by atoms with Gasteiger partial charge in [0.2, 0.25) is 0 Å². The summed E-state index contributed by atoms with van der Waals surface area (Å²) < 4.78 is 0. The number of nitrogens with zero attached hydrogens (tertiary/aromatic N) is 1. The summed E-state index contributed by atoms with van der Waals surface area (Å²) in [5.74, 6) is 0. The molecule has 0 aromatic carbocycles. The van der Waals surface area contributed by atoms with E-state index >= 15 is 0 Å². The molecule has 1 aliphatic heterocycles. The van der Waals surface area contributed by atoms with Gasteiger partial charge >= 0.3 is 0 Å². The standard InChI is InChI=1S/C12H23N/c1-3-12-8-5-4-7-11(12)13(2)10-6-9-12/h11H,3-10H2,1-2H3. The SMILES string of the molecule is CCC12CCCCC1N(C)CCC2. The quantitative estimate of drug-likeness (QED) is 0.601. The zero-order valence-corrected chi connectivity index (χ0v) is 9.18. The van der Waals surface area contributed by atoms with Crippen molar-refractivity contribution in [2.45, 2.75) is 57.9 Å². The van der Waals surface area contributed by atoms with Crippen LogP contribution in [0.4, 0.5) is 0 Å². The number of piperidine rings is 1. The summed E-state index contributed by atoms with van der Waals surface area (Å²) >= 11 is 0. The van der Waals surface area contributed by atoms with E-state index in [9.17, 15) is 0 Å². The maximum absolute atomic E-state index is 2.63. The third-order valence-corrected chi connectivity index (χ3v) is 4.53. The molecule has 2 rings (SSSR count). The molecular weight excluding hydrogens is 158 g/mol. The van der Waals surface area contributed by atoms with Gasteiger partial charge in [-0.3, -0.25) is 0 Å². The highest BCUT2D eigenvalue weighted by atomic mass is 15.1. The smallest absolute Gasteiger partial charge is 0.0148 e. The molecule has 2 fully saturated rings. The van der Waals surface area contributed by atoms with Gasteiger partial charge in [-0.1, -0.05) is 19.8 Å². The number of hydrogen-bond acceptors (Lipinski definition) is 1. The third kappa shape index (κ3) is 1.52. The van der Waals surface area contributed by atoms with Crippen LogP contribution in [0.1, 0.15) is 51.9 Å². The Kier molecular flexibility index (Phi) is 2.64. The maximum atomic E-state index is 2.63. The molecule has 13 heavy (non-hydrogen) atoms. The Labute approximate surface area is 82.5 Å². The van der Waals surface area contributed by atoms with Crippen LogP contribution in [0, 0.1) is 5.41 Å². The first-order valence-corrected chi connectivity index (χ1v) is 5.99. The maximum Gasteiger partial charge on any atom is 0.0148 e. The molecule has 0 amide bonds. The lowest BCUT2D eigenvalue weighted by molar-refractivity contribution is -0.00726. The Balaban J connectivity index is 2.16. The fourth-order valence-electron chi connectivity index (χ4n) is 3.69. The average molecular weight is 181 g/mol. The van der Waals surface area contributed by atoms with E-state index in [2.05, 4.69) is 18.9 Å². The van der Waals surface area contributed by atoms with Crippen LogP contribution in [0.2, 0.25) is 0 Å². The predicted octanol–water partition coefficient (Wildman–Crippen LogP) is 3.05. The minimum Gasteiger partial charge on any atom is -0.303 e. The molecule has 0 radical (unpaired) electrons. The summed E-state index contributed by atoms with van der Waals surface area (Å²) in [5.41, 5.74) is 0.714. The van der Waals surface area contributed by atoms with Crippen LogP contribution in [-0.2, 0) is 0 Å². The summed E-state index contributed by atoms with van der Waals surface area (Å²) in [5, 5.41) is 0. The van der Waals surface area contributed by atoms with Gasteiger partial charge in [0.05, 0.1) is 0 Å². The topological polar surface area (TPSA) is 3.24 Å². The predicted molar refractivity (Wildman–Crippen MR) is 56.8 cm³/mol. The number of fused-ring (bicyclic) bond motifs is 1. The van der Waals surface area contributed by atoms with Crippen molar-refractivity contribution in [1.29, 1.82) is 0 Å². The Hall–Kier alpha value is -0.0400. The van der Waals surface area contributed by atoms with Crippen molar-refractivity contribution in [3.63, 3.8) is 0 Å². The van der Waals surface area contributed by atoms with Crippen molar-refractivity contribution in [1.82, 2.24) is 4.90 Å². The molecule has 2 atom stereocenters. The van der Waals surface area contributed by atoms with Crippen molar-refractivity contribution >= 4 is 0 Å². The molecule has 1 heteroatoms. The first kappa shape index (κ1) is 9.51. The van der Waals surface area contributed by atoms with Crippen LogP contribution in [0.25, 0.3) is 0 Å². The van der Waals surface area contributed by atoms with E-state index in [0.717, 1.165) is 6.04 Å². The molecule has 0 spiro atoms. The lowest BCUT2D eigenvalue weighted by Gasteiger charge is -2.51. The van der Waals surface area contributed by atoms with E-state index < -0.39 is 0 Å². The first-order valence-electron chi connectivity index (χ1n) is 5.99. The van der Waals surface area contributed by atoms with Crippen LogP contribution in [0.5, 0.6) is 0 Å². The van der Waals surface area contributed by atoms with Crippen LogP contribution in [0.3, 0.4) is 0 Å². The summed E-state index contributed by atoms with van der Waals surface area (Å²) in [7, 11) is 2.33. The monoisotopic (exact) mass is 181 g/mol. The van der Waals surface area contributed by atoms with Gasteiger partial charge in [0.15, 0.2) is 0 Å². The van der Waals surface area contributed by atoms with Gasteiger partial charge in [-0.05, 0) is 51.1 Å². The first-order chi connectivity index (χ1) is 6.28. The molecule has 0 aromatic rings. The molecule has 2 aliphatic rings. The lowest BCUT2D eigenvalue weighted by Crippen LogP contribution is -2.51. The number of rotatable bonds is 1. The van der Waals surface area contributed by atoms with E-state index in [1.54, 1.807) is 0 Å². The Morgan fingerprint density at radius 2 is 2.00 bits per heavy atom. The van der Waals surface area contributed by atoms with Crippen molar-refractivity contribution in [2.75, 3.05) is 13.6 Å². The van der Waals surface area contributed by atoms with Gasteiger partial charge in [-0.2, -0.15) is 0 Å². The van der Waals surface area contributed by atoms with Crippen LogP contribution in [-0.4, -0.2) is 24.5 Å². The second-order valence-electron chi connectivity index (χ2n) is 5.06. The van der Waals surface area contributed by atoms with Crippen molar-refractivity contribution in [3.8, 4) is 0 Å². The van der Waals surface area contributed by atoms with Crippen LogP contribution in [0.15, 0.2) is 0 Å². The molecular formula is C12H23N. The zero-order valence-electron chi connectivity index (χ0n) is 9.18. The second-order valence-corrected chi connectivity index (χ2v) is 5.06. The third-order valence-electron chi connectivity index (χ3n) is 4.53. The van der Waals surface area contributed by atoms with Gasteiger partial charge in [0.25, 0.3) is 0 Å². The average Bonchev–Trinajstić information content (AvgIpc) is 2.18. The molecule has 1 aliphatic carbocycles. The number of likely N-dealkylation sites (tertiary alicyclic amines) is 1. The van der Waals surface area contributed by atoms with Crippen molar-refractivity contribution in [3.05, 3.63) is 0 Å². The fourth-order valence-corrected chi connectivity index (χ4v) is 3.69. The van der Waals surface area contributed by atoms with E-state index in [1.165, 1.54) is 51.5 Å². The fraction of sp³-hybridized carbons (Fsp3) is 1.00. The summed E-state index contributed by atoms with van der Waals surface area (Å²) in [6.45, 7) is 3.74. The molecule has 1 saturated heterocycles. The van der Waals surface area contributed by atoms with Gasteiger partial charge < -0.3 is 4.90 Å². The van der Waals surface area contributed by atoms with Crippen LogP contribution < -0.4 is 0 Å². The lowest BCUT2D eigenvalue weighted by atomic mass is 9.64. The molecule has 2 unspecified atom stereocenters. The minimum absolute atomic E-state index is 0.714. The second kappa shape index (κ2) is 3.61. The Morgan fingerprint density at radius 3 is 2.69 bits per heavy atom. The van der Waals surface area contributed by atoms with Gasteiger partial charge in [0.1, 0.15) is 0 Å². The molecule has 1 heterocycles. The van der Waals surface area contributed by atoms with Gasteiger partial charge in [-0.25, -0.2) is 0 Å². The van der Waals surface area contributed by atoms with E-state index in [0.29, 0.717) is 5.41 Å². The molecule has 0 aromatic heterocycles. The minimum atomic E-state index is 0.714. The zero-order chi connectivity index (χ0) is 9.31.